The maximum Gasteiger partial charge on any atom is 0.0768 e. The van der Waals surface area contributed by atoms with Crippen LogP contribution < -0.4 is 10.6 Å². The van der Waals surface area contributed by atoms with Crippen molar-refractivity contribution < 1.29 is 5.32 Å². The van der Waals surface area contributed by atoms with Crippen molar-refractivity contribution in [2.75, 3.05) is 20.1 Å². The third-order valence-corrected chi connectivity index (χ3v) is 4.16. The van der Waals surface area contributed by atoms with Crippen molar-refractivity contribution >= 4 is 0 Å². The maximum atomic E-state index is 3.67. The summed E-state index contributed by atoms with van der Waals surface area (Å²) in [4.78, 5) is 0. The Morgan fingerprint density at radius 2 is 2.07 bits per heavy atom. The van der Waals surface area contributed by atoms with Gasteiger partial charge in [0, 0.05) is 12.5 Å². The Labute approximate surface area is 87.8 Å². The van der Waals surface area contributed by atoms with Crippen LogP contribution in [0.1, 0.15) is 38.5 Å². The standard InChI is InChI=1S/C12H24N2/c1-13-7-6-12-9-11(5-8-14-12)10-3-2-4-10/h10-14H,2-9H2,1H3/p+1. The van der Waals surface area contributed by atoms with Crippen molar-refractivity contribution in [3.05, 3.63) is 0 Å². The van der Waals surface area contributed by atoms with Crippen LogP contribution in [0.2, 0.25) is 0 Å². The molecule has 0 spiro atoms. The highest BCUT2D eigenvalue weighted by atomic mass is 14.9. The van der Waals surface area contributed by atoms with Gasteiger partial charge in [0.25, 0.3) is 0 Å². The molecular formula is C12H25N2+. The van der Waals surface area contributed by atoms with Crippen LogP contribution in [0.15, 0.2) is 0 Å². The fraction of sp³-hybridized carbons (Fsp3) is 1.00. The van der Waals surface area contributed by atoms with Crippen LogP contribution in [0, 0.1) is 11.8 Å². The van der Waals surface area contributed by atoms with Crippen molar-refractivity contribution in [3.8, 4) is 0 Å². The van der Waals surface area contributed by atoms with Gasteiger partial charge < -0.3 is 10.6 Å². The van der Waals surface area contributed by atoms with Crippen molar-refractivity contribution in [1.29, 1.82) is 0 Å². The predicted octanol–water partition coefficient (Wildman–Crippen LogP) is 0.738. The van der Waals surface area contributed by atoms with E-state index in [1.807, 2.05) is 0 Å². The second kappa shape index (κ2) is 5.13. The average Bonchev–Trinajstić information content (AvgIpc) is 2.13. The molecule has 1 saturated heterocycles. The fourth-order valence-corrected chi connectivity index (χ4v) is 2.97. The Hall–Kier alpha value is -0.0800. The normalized spacial score (nSPS) is 34.1. The van der Waals surface area contributed by atoms with E-state index >= 15 is 0 Å². The summed E-state index contributed by atoms with van der Waals surface area (Å²) in [6, 6.07) is 0.825. The third kappa shape index (κ3) is 2.48. The van der Waals surface area contributed by atoms with Crippen molar-refractivity contribution in [2.45, 2.75) is 44.6 Å². The average molecular weight is 197 g/mol. The summed E-state index contributed by atoms with van der Waals surface area (Å²) in [7, 11) is 2.17. The van der Waals surface area contributed by atoms with Crippen molar-refractivity contribution in [3.63, 3.8) is 0 Å². The Bertz CT molecular complexity index is 166. The summed E-state index contributed by atoms with van der Waals surface area (Å²) in [6.45, 7) is 2.56. The molecule has 1 heterocycles. The molecule has 0 amide bonds. The Morgan fingerprint density at radius 1 is 1.21 bits per heavy atom. The zero-order valence-electron chi connectivity index (χ0n) is 9.47. The number of nitrogens with two attached hydrogens (primary N) is 1. The highest BCUT2D eigenvalue weighted by Gasteiger charge is 2.31. The lowest BCUT2D eigenvalue weighted by atomic mass is 9.71. The molecule has 2 rings (SSSR count). The number of hydrogen-bond donors (Lipinski definition) is 2. The van der Waals surface area contributed by atoms with Crippen LogP contribution in [-0.4, -0.2) is 26.2 Å². The topological polar surface area (TPSA) is 28.6 Å². The minimum absolute atomic E-state index is 0.825. The van der Waals surface area contributed by atoms with Gasteiger partial charge in [0.15, 0.2) is 0 Å². The van der Waals surface area contributed by atoms with Gasteiger partial charge in [-0.15, -0.1) is 0 Å². The molecule has 3 N–H and O–H groups in total. The first-order chi connectivity index (χ1) is 6.90. The summed E-state index contributed by atoms with van der Waals surface area (Å²) in [6.07, 6.45) is 8.81. The van der Waals surface area contributed by atoms with Crippen LogP contribution >= 0.6 is 0 Å². The van der Waals surface area contributed by atoms with Gasteiger partial charge in [-0.25, -0.2) is 0 Å². The van der Waals surface area contributed by atoms with Crippen molar-refractivity contribution in [2.24, 2.45) is 11.8 Å². The second-order valence-electron chi connectivity index (χ2n) is 5.11. The number of hydrogen-bond acceptors (Lipinski definition) is 1. The highest BCUT2D eigenvalue weighted by Crippen LogP contribution is 2.38. The molecule has 1 aliphatic carbocycles. The van der Waals surface area contributed by atoms with Gasteiger partial charge in [0.05, 0.1) is 13.6 Å². The lowest BCUT2D eigenvalue weighted by Gasteiger charge is -2.39. The molecule has 0 aromatic rings. The molecule has 0 bridgehead atoms. The van der Waals surface area contributed by atoms with Crippen molar-refractivity contribution in [1.82, 2.24) is 5.32 Å². The van der Waals surface area contributed by atoms with E-state index in [1.165, 1.54) is 51.6 Å². The first-order valence-electron chi connectivity index (χ1n) is 6.41. The van der Waals surface area contributed by atoms with Crippen LogP contribution in [0.3, 0.4) is 0 Å². The number of piperidine rings is 1. The van der Waals surface area contributed by atoms with Crippen LogP contribution in [0.4, 0.5) is 0 Å². The minimum Gasteiger partial charge on any atom is -0.349 e. The molecule has 2 atom stereocenters. The van der Waals surface area contributed by atoms with Gasteiger partial charge in [-0.3, -0.25) is 0 Å². The van der Waals surface area contributed by atoms with E-state index in [9.17, 15) is 0 Å². The van der Waals surface area contributed by atoms with E-state index in [2.05, 4.69) is 17.7 Å². The first kappa shape index (κ1) is 10.4. The molecule has 2 unspecified atom stereocenters. The molecule has 0 aromatic heterocycles. The molecule has 1 saturated carbocycles. The number of rotatable bonds is 4. The largest absolute Gasteiger partial charge is 0.349 e. The van der Waals surface area contributed by atoms with Gasteiger partial charge in [0.2, 0.25) is 0 Å². The van der Waals surface area contributed by atoms with Gasteiger partial charge >= 0.3 is 0 Å². The highest BCUT2D eigenvalue weighted by molar-refractivity contribution is 4.85. The summed E-state index contributed by atoms with van der Waals surface area (Å²) >= 11 is 0. The second-order valence-corrected chi connectivity index (χ2v) is 5.11. The number of nitrogens with one attached hydrogen (secondary N) is 1. The Balaban J connectivity index is 1.72. The zero-order chi connectivity index (χ0) is 9.80. The summed E-state index contributed by atoms with van der Waals surface area (Å²) in [5.74, 6) is 2.16. The fourth-order valence-electron chi connectivity index (χ4n) is 2.97. The lowest BCUT2D eigenvalue weighted by Crippen LogP contribution is -2.80. The summed E-state index contributed by atoms with van der Waals surface area (Å²) < 4.78 is 0. The van der Waals surface area contributed by atoms with Gasteiger partial charge in [-0.05, 0) is 31.2 Å². The van der Waals surface area contributed by atoms with E-state index < -0.39 is 0 Å². The molecular weight excluding hydrogens is 172 g/mol. The smallest absolute Gasteiger partial charge is 0.0768 e. The first-order valence-corrected chi connectivity index (χ1v) is 6.41. The van der Waals surface area contributed by atoms with Gasteiger partial charge in [-0.2, -0.15) is 0 Å². The molecule has 1 aliphatic heterocycles. The molecule has 82 valence electrons. The van der Waals surface area contributed by atoms with Crippen LogP contribution in [0.5, 0.6) is 0 Å². The van der Waals surface area contributed by atoms with E-state index in [1.54, 1.807) is 0 Å². The molecule has 2 nitrogen and oxygen atoms in total. The molecule has 0 radical (unpaired) electrons. The Morgan fingerprint density at radius 3 is 2.71 bits per heavy atom. The Kier molecular flexibility index (Phi) is 3.82. The van der Waals surface area contributed by atoms with E-state index in [0.717, 1.165) is 17.9 Å². The predicted molar refractivity (Wildman–Crippen MR) is 59.2 cm³/mol. The third-order valence-electron chi connectivity index (χ3n) is 4.16. The molecule has 2 fully saturated rings. The SMILES string of the molecule is C[NH2+]CCC1CC(C2CCC2)CCN1. The molecule has 0 aromatic carbocycles. The molecule has 2 heteroatoms. The molecule has 2 aliphatic rings. The van der Waals surface area contributed by atoms with Gasteiger partial charge in [0.1, 0.15) is 0 Å². The monoisotopic (exact) mass is 197 g/mol. The quantitative estimate of drug-likeness (QED) is 0.684. The van der Waals surface area contributed by atoms with Gasteiger partial charge in [-0.1, -0.05) is 19.3 Å². The van der Waals surface area contributed by atoms with Crippen LogP contribution in [0.25, 0.3) is 0 Å². The van der Waals surface area contributed by atoms with E-state index in [-0.39, 0.29) is 0 Å². The van der Waals surface area contributed by atoms with E-state index in [0.29, 0.717) is 0 Å². The summed E-state index contributed by atoms with van der Waals surface area (Å²) in [5.41, 5.74) is 0. The number of quaternary nitrogens is 1. The van der Waals surface area contributed by atoms with E-state index in [4.69, 9.17) is 0 Å². The molecule has 14 heavy (non-hydrogen) atoms. The zero-order valence-corrected chi connectivity index (χ0v) is 9.47. The summed E-state index contributed by atoms with van der Waals surface area (Å²) in [5, 5.41) is 5.97. The lowest BCUT2D eigenvalue weighted by molar-refractivity contribution is -0.627. The van der Waals surface area contributed by atoms with Crippen LogP contribution in [-0.2, 0) is 0 Å². The maximum absolute atomic E-state index is 3.67. The minimum atomic E-state index is 0.825.